The van der Waals surface area contributed by atoms with E-state index < -0.39 is 28.3 Å². The smallest absolute Gasteiger partial charge is 0.340 e. The van der Waals surface area contributed by atoms with Crippen LogP contribution >= 0.6 is 11.6 Å². The molecule has 0 radical (unpaired) electrons. The highest BCUT2D eigenvalue weighted by atomic mass is 35.5. The molecular weight excluding hydrogens is 390 g/mol. The Balaban J connectivity index is 2.06. The highest BCUT2D eigenvalue weighted by molar-refractivity contribution is 7.90. The van der Waals surface area contributed by atoms with E-state index in [0.717, 1.165) is 17.9 Å². The summed E-state index contributed by atoms with van der Waals surface area (Å²) in [7, 11) is -1.89. The molecule has 0 aliphatic heterocycles. The molecule has 0 saturated carbocycles. The molecule has 0 fully saturated rings. The summed E-state index contributed by atoms with van der Waals surface area (Å²) in [5.74, 6) is -1.25. The highest BCUT2D eigenvalue weighted by Crippen LogP contribution is 2.22. The largest absolute Gasteiger partial charge is 0.452 e. The highest BCUT2D eigenvalue weighted by Gasteiger charge is 2.21. The van der Waals surface area contributed by atoms with Gasteiger partial charge in [-0.15, -0.1) is 0 Å². The van der Waals surface area contributed by atoms with E-state index in [2.05, 4.69) is 0 Å². The van der Waals surface area contributed by atoms with Crippen molar-refractivity contribution in [3.05, 3.63) is 64.7 Å². The predicted molar refractivity (Wildman–Crippen MR) is 102 cm³/mol. The third-order valence-corrected chi connectivity index (χ3v) is 5.61. The minimum absolute atomic E-state index is 0.0471. The Hall–Kier alpha value is -2.38. The zero-order valence-corrected chi connectivity index (χ0v) is 16.8. The fraction of sp³-hybridized carbons (Fsp3) is 0.263. The van der Waals surface area contributed by atoms with Crippen LogP contribution in [0, 0.1) is 0 Å². The second kappa shape index (κ2) is 8.54. The van der Waals surface area contributed by atoms with Crippen LogP contribution in [0.5, 0.6) is 0 Å². The first-order valence-electron chi connectivity index (χ1n) is 8.08. The average molecular weight is 410 g/mol. The lowest BCUT2D eigenvalue weighted by atomic mass is 10.1. The number of carbonyl (C=O) groups excluding carboxylic acids is 2. The number of nitrogens with zero attached hydrogens (tertiary/aromatic N) is 1. The molecule has 2 aromatic rings. The van der Waals surface area contributed by atoms with E-state index in [4.69, 9.17) is 16.3 Å². The molecule has 0 spiro atoms. The third-order valence-electron chi connectivity index (χ3n) is 4.17. The molecule has 0 aliphatic rings. The lowest BCUT2D eigenvalue weighted by molar-refractivity contribution is -0.135. The maximum absolute atomic E-state index is 12.3. The van der Waals surface area contributed by atoms with E-state index in [1.807, 2.05) is 37.3 Å². The van der Waals surface area contributed by atoms with Gasteiger partial charge in [-0.2, -0.15) is 0 Å². The second-order valence-electron chi connectivity index (χ2n) is 6.08. The van der Waals surface area contributed by atoms with E-state index in [0.29, 0.717) is 0 Å². The number of amides is 1. The van der Waals surface area contributed by atoms with Gasteiger partial charge in [0.1, 0.15) is 0 Å². The average Bonchev–Trinajstić information content (AvgIpc) is 2.64. The fourth-order valence-electron chi connectivity index (χ4n) is 2.37. The van der Waals surface area contributed by atoms with Crippen LogP contribution in [0.1, 0.15) is 28.9 Å². The number of sulfone groups is 1. The van der Waals surface area contributed by atoms with Gasteiger partial charge in [0.05, 0.1) is 21.5 Å². The van der Waals surface area contributed by atoms with Crippen LogP contribution in [-0.4, -0.2) is 45.1 Å². The first-order valence-corrected chi connectivity index (χ1v) is 10.4. The lowest BCUT2D eigenvalue weighted by Crippen LogP contribution is -2.33. The van der Waals surface area contributed by atoms with E-state index in [1.165, 1.54) is 17.0 Å². The summed E-state index contributed by atoms with van der Waals surface area (Å²) in [6, 6.07) is 13.0. The van der Waals surface area contributed by atoms with Crippen molar-refractivity contribution in [1.82, 2.24) is 4.90 Å². The van der Waals surface area contributed by atoms with Gasteiger partial charge in [0.2, 0.25) is 0 Å². The fourth-order valence-corrected chi connectivity index (χ4v) is 3.21. The van der Waals surface area contributed by atoms with Crippen molar-refractivity contribution >= 4 is 33.3 Å². The third kappa shape index (κ3) is 5.30. The Labute approximate surface area is 163 Å². The van der Waals surface area contributed by atoms with Crippen LogP contribution in [0.2, 0.25) is 5.02 Å². The van der Waals surface area contributed by atoms with Gasteiger partial charge in [-0.25, -0.2) is 13.2 Å². The molecule has 0 saturated heterocycles. The minimum atomic E-state index is -3.50. The van der Waals surface area contributed by atoms with Crippen molar-refractivity contribution in [2.75, 3.05) is 19.9 Å². The predicted octanol–water partition coefficient (Wildman–Crippen LogP) is 3.12. The van der Waals surface area contributed by atoms with E-state index in [1.54, 1.807) is 7.05 Å². The van der Waals surface area contributed by atoms with Crippen LogP contribution in [0.4, 0.5) is 0 Å². The molecule has 2 aromatic carbocycles. The van der Waals surface area contributed by atoms with Crippen LogP contribution in [-0.2, 0) is 19.4 Å². The number of carbonyl (C=O) groups is 2. The molecule has 0 aliphatic carbocycles. The molecular formula is C19H20ClNO5S. The van der Waals surface area contributed by atoms with Crippen LogP contribution in [0.15, 0.2) is 53.4 Å². The molecule has 1 atom stereocenters. The summed E-state index contributed by atoms with van der Waals surface area (Å²) in [6.07, 6.45) is 1.02. The molecule has 2 rings (SSSR count). The Kier molecular flexibility index (Phi) is 6.62. The number of benzene rings is 2. The first-order chi connectivity index (χ1) is 12.6. The van der Waals surface area contributed by atoms with Gasteiger partial charge in [0, 0.05) is 13.3 Å². The summed E-state index contributed by atoms with van der Waals surface area (Å²) in [6.45, 7) is 1.38. The lowest BCUT2D eigenvalue weighted by Gasteiger charge is -2.25. The number of likely N-dealkylation sites (N-methyl/N-ethyl adjacent to an activating group) is 1. The number of ether oxygens (including phenoxy) is 1. The molecule has 0 N–H and O–H groups in total. The van der Waals surface area contributed by atoms with E-state index in [-0.39, 0.29) is 21.5 Å². The topological polar surface area (TPSA) is 80.8 Å². The Bertz CT molecular complexity index is 944. The minimum Gasteiger partial charge on any atom is -0.452 e. The van der Waals surface area contributed by atoms with E-state index >= 15 is 0 Å². The molecule has 144 valence electrons. The number of esters is 1. The number of halogens is 1. The van der Waals surface area contributed by atoms with Gasteiger partial charge < -0.3 is 9.64 Å². The van der Waals surface area contributed by atoms with Crippen LogP contribution in [0.3, 0.4) is 0 Å². The Morgan fingerprint density at radius 1 is 1.15 bits per heavy atom. The standard InChI is InChI=1S/C19H20ClNO5S/c1-13(14-7-5-4-6-8-14)21(2)18(22)12-26-19(23)16-11-15(27(3,24)25)9-10-17(16)20/h4-11,13H,12H2,1-3H3/t13-/m0/s1. The second-order valence-corrected chi connectivity index (χ2v) is 8.50. The molecule has 6 nitrogen and oxygen atoms in total. The van der Waals surface area contributed by atoms with Gasteiger partial charge in [0.15, 0.2) is 16.4 Å². The van der Waals surface area contributed by atoms with Gasteiger partial charge in [-0.1, -0.05) is 41.9 Å². The first kappa shape index (κ1) is 20.9. The summed E-state index contributed by atoms with van der Waals surface area (Å²) in [5.41, 5.74) is 0.842. The Morgan fingerprint density at radius 3 is 2.37 bits per heavy atom. The van der Waals surface area contributed by atoms with Crippen LogP contribution < -0.4 is 0 Å². The number of rotatable bonds is 6. The molecule has 0 heterocycles. The van der Waals surface area contributed by atoms with Crippen molar-refractivity contribution in [1.29, 1.82) is 0 Å². The summed E-state index contributed by atoms with van der Waals surface area (Å²) in [5, 5.41) is 0.0471. The zero-order chi connectivity index (χ0) is 20.2. The molecule has 1 amide bonds. The number of hydrogen-bond acceptors (Lipinski definition) is 5. The van der Waals surface area contributed by atoms with Crippen molar-refractivity contribution in [2.24, 2.45) is 0 Å². The van der Waals surface area contributed by atoms with Crippen LogP contribution in [0.25, 0.3) is 0 Å². The molecule has 0 unspecified atom stereocenters. The van der Waals surface area contributed by atoms with Crippen molar-refractivity contribution in [3.63, 3.8) is 0 Å². The normalized spacial score (nSPS) is 12.3. The molecule has 0 aromatic heterocycles. The number of hydrogen-bond donors (Lipinski definition) is 0. The van der Waals surface area contributed by atoms with Gasteiger partial charge in [-0.05, 0) is 30.7 Å². The monoisotopic (exact) mass is 409 g/mol. The van der Waals surface area contributed by atoms with Gasteiger partial charge >= 0.3 is 5.97 Å². The summed E-state index contributed by atoms with van der Waals surface area (Å²) in [4.78, 5) is 26.0. The van der Waals surface area contributed by atoms with Gasteiger partial charge in [0.25, 0.3) is 5.91 Å². The van der Waals surface area contributed by atoms with Crippen molar-refractivity contribution in [2.45, 2.75) is 17.9 Å². The quantitative estimate of drug-likeness (QED) is 0.685. The molecule has 8 heteroatoms. The summed E-state index contributed by atoms with van der Waals surface area (Å²) < 4.78 is 28.3. The van der Waals surface area contributed by atoms with Crippen molar-refractivity contribution < 1.29 is 22.7 Å². The Morgan fingerprint density at radius 2 is 1.78 bits per heavy atom. The van der Waals surface area contributed by atoms with Gasteiger partial charge in [-0.3, -0.25) is 4.79 Å². The molecule has 27 heavy (non-hydrogen) atoms. The maximum atomic E-state index is 12.3. The SMILES string of the molecule is C[C@@H](c1ccccc1)N(C)C(=O)COC(=O)c1cc(S(C)(=O)=O)ccc1Cl. The van der Waals surface area contributed by atoms with E-state index in [9.17, 15) is 18.0 Å². The maximum Gasteiger partial charge on any atom is 0.340 e. The summed E-state index contributed by atoms with van der Waals surface area (Å²) >= 11 is 5.96. The molecule has 0 bridgehead atoms. The van der Waals surface area contributed by atoms with Crippen molar-refractivity contribution in [3.8, 4) is 0 Å². The zero-order valence-electron chi connectivity index (χ0n) is 15.2.